The van der Waals surface area contributed by atoms with E-state index in [0.717, 1.165) is 42.1 Å². The first-order valence-electron chi connectivity index (χ1n) is 9.21. The average molecular weight is 362 g/mol. The molecule has 1 N–H and O–H groups in total. The van der Waals surface area contributed by atoms with Gasteiger partial charge in [-0.2, -0.15) is 0 Å². The summed E-state index contributed by atoms with van der Waals surface area (Å²) in [6.45, 7) is 2.17. The first kappa shape index (κ1) is 17.0. The van der Waals surface area contributed by atoms with Gasteiger partial charge in [0, 0.05) is 16.4 Å². The van der Waals surface area contributed by atoms with Gasteiger partial charge in [0.25, 0.3) is 0 Å². The summed E-state index contributed by atoms with van der Waals surface area (Å²) < 4.78 is 0. The van der Waals surface area contributed by atoms with Gasteiger partial charge in [0.15, 0.2) is 5.13 Å². The Labute approximate surface area is 158 Å². The Bertz CT molecular complexity index is 896. The van der Waals surface area contributed by atoms with E-state index in [-0.39, 0.29) is 11.8 Å². The summed E-state index contributed by atoms with van der Waals surface area (Å²) in [6, 6.07) is 18.9. The average Bonchev–Trinajstić information content (AvgIpc) is 3.46. The van der Waals surface area contributed by atoms with Gasteiger partial charge in [-0.3, -0.25) is 4.79 Å². The number of thiazole rings is 1. The zero-order valence-corrected chi connectivity index (χ0v) is 15.7. The predicted molar refractivity (Wildman–Crippen MR) is 108 cm³/mol. The smallest absolute Gasteiger partial charge is 0.229 e. The molecule has 2 aromatic carbocycles. The second-order valence-electron chi connectivity index (χ2n) is 6.75. The van der Waals surface area contributed by atoms with Crippen LogP contribution in [0, 0.1) is 5.92 Å². The lowest BCUT2D eigenvalue weighted by atomic mass is 10.0. The molecule has 0 atom stereocenters. The highest BCUT2D eigenvalue weighted by Gasteiger charge is 2.30. The molecule has 132 valence electrons. The molecule has 1 heterocycles. The van der Waals surface area contributed by atoms with Crippen molar-refractivity contribution in [3.8, 4) is 22.4 Å². The maximum absolute atomic E-state index is 12.0. The van der Waals surface area contributed by atoms with E-state index >= 15 is 0 Å². The number of nitrogens with one attached hydrogen (secondary N) is 1. The van der Waals surface area contributed by atoms with Gasteiger partial charge in [0.2, 0.25) is 5.91 Å². The van der Waals surface area contributed by atoms with Crippen molar-refractivity contribution in [1.82, 2.24) is 4.98 Å². The molecule has 4 heteroatoms. The number of hydrogen-bond donors (Lipinski definition) is 1. The molecule has 1 aliphatic carbocycles. The Morgan fingerprint density at radius 2 is 1.69 bits per heavy atom. The van der Waals surface area contributed by atoms with Gasteiger partial charge < -0.3 is 5.32 Å². The molecule has 26 heavy (non-hydrogen) atoms. The van der Waals surface area contributed by atoms with Crippen molar-refractivity contribution in [2.24, 2.45) is 5.92 Å². The molecule has 1 saturated carbocycles. The molecule has 0 aliphatic heterocycles. The number of anilines is 1. The third kappa shape index (κ3) is 3.70. The van der Waals surface area contributed by atoms with E-state index in [2.05, 4.69) is 60.8 Å². The molecule has 3 aromatic rings. The molecule has 1 fully saturated rings. The lowest BCUT2D eigenvalue weighted by Crippen LogP contribution is -2.12. The summed E-state index contributed by atoms with van der Waals surface area (Å²) in [5.41, 5.74) is 4.52. The largest absolute Gasteiger partial charge is 0.302 e. The van der Waals surface area contributed by atoms with Crippen molar-refractivity contribution in [1.29, 1.82) is 0 Å². The van der Waals surface area contributed by atoms with E-state index in [9.17, 15) is 4.79 Å². The second kappa shape index (κ2) is 7.42. The number of nitrogens with zero attached hydrogens (tertiary/aromatic N) is 1. The van der Waals surface area contributed by atoms with Crippen molar-refractivity contribution >= 4 is 22.4 Å². The summed E-state index contributed by atoms with van der Waals surface area (Å²) in [7, 11) is 0. The molecule has 1 amide bonds. The molecular weight excluding hydrogens is 340 g/mol. The van der Waals surface area contributed by atoms with Crippen LogP contribution in [0.4, 0.5) is 5.13 Å². The number of aromatic nitrogens is 1. The zero-order chi connectivity index (χ0) is 17.9. The summed E-state index contributed by atoms with van der Waals surface area (Å²) in [5.74, 6) is 0.315. The molecule has 0 spiro atoms. The maximum atomic E-state index is 12.0. The Morgan fingerprint density at radius 1 is 1.04 bits per heavy atom. The monoisotopic (exact) mass is 362 g/mol. The van der Waals surface area contributed by atoms with Crippen molar-refractivity contribution in [3.63, 3.8) is 0 Å². The van der Waals surface area contributed by atoms with Crippen LogP contribution in [0.2, 0.25) is 0 Å². The lowest BCUT2D eigenvalue weighted by Gasteiger charge is -2.04. The van der Waals surface area contributed by atoms with Gasteiger partial charge in [0.05, 0.1) is 5.69 Å². The highest BCUT2D eigenvalue weighted by Crippen LogP contribution is 2.35. The van der Waals surface area contributed by atoms with Crippen LogP contribution < -0.4 is 5.32 Å². The van der Waals surface area contributed by atoms with Crippen LogP contribution in [-0.2, 0) is 11.2 Å². The second-order valence-corrected chi connectivity index (χ2v) is 7.83. The first-order chi connectivity index (χ1) is 12.7. The number of hydrogen-bond acceptors (Lipinski definition) is 3. The summed E-state index contributed by atoms with van der Waals surface area (Å²) >= 11 is 1.61. The van der Waals surface area contributed by atoms with Gasteiger partial charge in [0.1, 0.15) is 0 Å². The van der Waals surface area contributed by atoms with E-state index < -0.39 is 0 Å². The summed E-state index contributed by atoms with van der Waals surface area (Å²) in [6.07, 6.45) is 4.06. The van der Waals surface area contributed by atoms with Crippen LogP contribution in [0.25, 0.3) is 22.4 Å². The molecular formula is C22H22N2OS. The fraction of sp³-hybridized carbons (Fsp3) is 0.273. The highest BCUT2D eigenvalue weighted by atomic mass is 32.1. The number of carbonyl (C=O) groups excluding carboxylic acids is 1. The van der Waals surface area contributed by atoms with E-state index in [0.29, 0.717) is 0 Å². The van der Waals surface area contributed by atoms with E-state index in [1.54, 1.807) is 11.3 Å². The minimum atomic E-state index is 0.118. The van der Waals surface area contributed by atoms with Crippen molar-refractivity contribution in [2.45, 2.75) is 32.6 Å². The van der Waals surface area contributed by atoms with Gasteiger partial charge in [-0.1, -0.05) is 67.9 Å². The molecule has 1 aromatic heterocycles. The number of aryl methyl sites for hydroxylation is 1. The maximum Gasteiger partial charge on any atom is 0.229 e. The standard InChI is InChI=1S/C22H22N2OS/c1-2-6-19-20(23-22(26-19)24-21(25)18-13-14-18)17-11-9-16(10-12-17)15-7-4-3-5-8-15/h3-5,7-12,18H,2,6,13-14H2,1H3,(H,23,24,25). The molecule has 0 unspecified atom stereocenters. The van der Waals surface area contributed by atoms with Crippen LogP contribution in [0.5, 0.6) is 0 Å². The van der Waals surface area contributed by atoms with Crippen molar-refractivity contribution < 1.29 is 4.79 Å². The van der Waals surface area contributed by atoms with E-state index in [1.165, 1.54) is 16.0 Å². The van der Waals surface area contributed by atoms with Gasteiger partial charge >= 0.3 is 0 Å². The molecule has 4 rings (SSSR count). The number of benzene rings is 2. The highest BCUT2D eigenvalue weighted by molar-refractivity contribution is 7.16. The minimum Gasteiger partial charge on any atom is -0.302 e. The van der Waals surface area contributed by atoms with Gasteiger partial charge in [-0.05, 0) is 30.4 Å². The number of rotatable bonds is 6. The molecule has 0 saturated heterocycles. The Kier molecular flexibility index (Phi) is 4.85. The van der Waals surface area contributed by atoms with E-state index in [4.69, 9.17) is 4.98 Å². The summed E-state index contributed by atoms with van der Waals surface area (Å²) in [5, 5.41) is 3.73. The number of carbonyl (C=O) groups is 1. The van der Waals surface area contributed by atoms with Gasteiger partial charge in [-0.15, -0.1) is 11.3 Å². The van der Waals surface area contributed by atoms with Gasteiger partial charge in [-0.25, -0.2) is 4.98 Å². The SMILES string of the molecule is CCCc1sc(NC(=O)C2CC2)nc1-c1ccc(-c2ccccc2)cc1. The lowest BCUT2D eigenvalue weighted by molar-refractivity contribution is -0.117. The fourth-order valence-corrected chi connectivity index (χ4v) is 4.12. The van der Waals surface area contributed by atoms with Crippen LogP contribution in [0.1, 0.15) is 31.1 Å². The molecule has 0 bridgehead atoms. The molecule has 3 nitrogen and oxygen atoms in total. The quantitative estimate of drug-likeness (QED) is 0.604. The van der Waals surface area contributed by atoms with Crippen LogP contribution in [0.15, 0.2) is 54.6 Å². The fourth-order valence-electron chi connectivity index (χ4n) is 3.03. The minimum absolute atomic E-state index is 0.118. The number of amides is 1. The molecule has 1 aliphatic rings. The Morgan fingerprint density at radius 3 is 2.35 bits per heavy atom. The topological polar surface area (TPSA) is 42.0 Å². The Hall–Kier alpha value is -2.46. The molecule has 0 radical (unpaired) electrons. The predicted octanol–water partition coefficient (Wildman–Crippen LogP) is 5.78. The normalized spacial score (nSPS) is 13.6. The van der Waals surface area contributed by atoms with Crippen molar-refractivity contribution in [3.05, 3.63) is 59.5 Å². The van der Waals surface area contributed by atoms with Crippen LogP contribution >= 0.6 is 11.3 Å². The van der Waals surface area contributed by atoms with Crippen LogP contribution in [-0.4, -0.2) is 10.9 Å². The zero-order valence-electron chi connectivity index (χ0n) is 14.9. The third-order valence-electron chi connectivity index (χ3n) is 4.62. The third-order valence-corrected chi connectivity index (χ3v) is 5.65. The summed E-state index contributed by atoms with van der Waals surface area (Å²) in [4.78, 5) is 18.0. The van der Waals surface area contributed by atoms with E-state index in [1.807, 2.05) is 6.07 Å². The Balaban J connectivity index is 1.61. The van der Waals surface area contributed by atoms with Crippen molar-refractivity contribution in [2.75, 3.05) is 5.32 Å². The first-order valence-corrected chi connectivity index (χ1v) is 10.0. The van der Waals surface area contributed by atoms with Crippen LogP contribution in [0.3, 0.4) is 0 Å².